The van der Waals surface area contributed by atoms with Crippen LogP contribution in [-0.2, 0) is 14.3 Å². The summed E-state index contributed by atoms with van der Waals surface area (Å²) in [5, 5.41) is 20.5. The fourth-order valence-corrected chi connectivity index (χ4v) is 3.85. The number of hydrogen-bond donors (Lipinski definition) is 4. The number of rotatable bonds is 7. The van der Waals surface area contributed by atoms with E-state index in [1.807, 2.05) is 48.5 Å². The van der Waals surface area contributed by atoms with Crippen molar-refractivity contribution in [3.8, 4) is 11.1 Å². The molecule has 0 spiro atoms. The molecule has 9 nitrogen and oxygen atoms in total. The van der Waals surface area contributed by atoms with Gasteiger partial charge in [-0.3, -0.25) is 14.7 Å². The zero-order chi connectivity index (χ0) is 22.7. The minimum Gasteiger partial charge on any atom is -0.481 e. The lowest BCUT2D eigenvalue weighted by atomic mass is 9.98. The number of hydrogen-bond acceptors (Lipinski definition) is 5. The summed E-state index contributed by atoms with van der Waals surface area (Å²) >= 11 is 0. The molecule has 4 rings (SSSR count). The number of alkyl carbamates (subject to hydrolysis) is 1. The van der Waals surface area contributed by atoms with Crippen LogP contribution in [0.15, 0.2) is 54.7 Å². The van der Waals surface area contributed by atoms with Gasteiger partial charge in [0, 0.05) is 11.5 Å². The van der Waals surface area contributed by atoms with Gasteiger partial charge in [0.05, 0.1) is 12.6 Å². The number of H-pyrrole nitrogens is 1. The predicted molar refractivity (Wildman–Crippen MR) is 116 cm³/mol. The van der Waals surface area contributed by atoms with Crippen LogP contribution in [0.5, 0.6) is 0 Å². The van der Waals surface area contributed by atoms with E-state index in [1.54, 1.807) is 6.92 Å². The Hall–Kier alpha value is -4.14. The van der Waals surface area contributed by atoms with Crippen LogP contribution in [0.1, 0.15) is 29.0 Å². The molecule has 4 N–H and O–H groups in total. The van der Waals surface area contributed by atoms with Crippen LogP contribution in [0.3, 0.4) is 0 Å². The monoisotopic (exact) mass is 434 g/mol. The molecular weight excluding hydrogens is 412 g/mol. The van der Waals surface area contributed by atoms with Gasteiger partial charge in [0.2, 0.25) is 5.91 Å². The molecule has 0 bridgehead atoms. The Balaban J connectivity index is 1.43. The average molecular weight is 434 g/mol. The molecule has 164 valence electrons. The van der Waals surface area contributed by atoms with E-state index in [0.29, 0.717) is 11.4 Å². The van der Waals surface area contributed by atoms with Gasteiger partial charge in [-0.05, 0) is 29.2 Å². The van der Waals surface area contributed by atoms with Crippen molar-refractivity contribution in [1.29, 1.82) is 0 Å². The minimum atomic E-state index is -1.31. The van der Waals surface area contributed by atoms with Gasteiger partial charge >= 0.3 is 12.1 Å². The van der Waals surface area contributed by atoms with E-state index in [-0.39, 0.29) is 12.5 Å². The second-order valence-electron chi connectivity index (χ2n) is 7.54. The SMILES string of the molecule is Cc1cn[nH]c1NC(=O)C(CC(=O)O)NC(=O)OCC1c2ccccc2-c2ccccc21. The standard InChI is InChI=1S/C23H22N4O5/c1-13-11-24-27-21(13)26-22(30)19(10-20(28)29)25-23(31)32-12-18-16-8-4-2-6-14(16)15-7-3-5-9-17(15)18/h2-9,11,18-19H,10,12H2,1H3,(H,25,31)(H,28,29)(H2,24,26,27,30). The number of carboxylic acids is 1. The highest BCUT2D eigenvalue weighted by Gasteiger charge is 2.30. The molecule has 1 aromatic heterocycles. The fourth-order valence-electron chi connectivity index (χ4n) is 3.85. The van der Waals surface area contributed by atoms with Crippen LogP contribution >= 0.6 is 0 Å². The summed E-state index contributed by atoms with van der Waals surface area (Å²) in [6.45, 7) is 1.78. The molecule has 0 saturated heterocycles. The zero-order valence-electron chi connectivity index (χ0n) is 17.3. The molecule has 0 aliphatic heterocycles. The van der Waals surface area contributed by atoms with E-state index in [0.717, 1.165) is 22.3 Å². The topological polar surface area (TPSA) is 133 Å². The molecule has 1 unspecified atom stereocenters. The minimum absolute atomic E-state index is 0.0565. The number of carbonyl (C=O) groups excluding carboxylic acids is 2. The van der Waals surface area contributed by atoms with Gasteiger partial charge in [-0.25, -0.2) is 4.79 Å². The zero-order valence-corrected chi connectivity index (χ0v) is 17.3. The van der Waals surface area contributed by atoms with Crippen LogP contribution in [0.25, 0.3) is 11.1 Å². The molecule has 9 heteroatoms. The molecule has 1 atom stereocenters. The van der Waals surface area contributed by atoms with Crippen molar-refractivity contribution in [2.24, 2.45) is 0 Å². The summed E-state index contributed by atoms with van der Waals surface area (Å²) in [6, 6.07) is 14.5. The third-order valence-electron chi connectivity index (χ3n) is 5.41. The maximum atomic E-state index is 12.5. The third-order valence-corrected chi connectivity index (χ3v) is 5.41. The molecule has 2 aromatic carbocycles. The summed E-state index contributed by atoms with van der Waals surface area (Å²) in [7, 11) is 0. The summed E-state index contributed by atoms with van der Waals surface area (Å²) in [4.78, 5) is 36.2. The van der Waals surface area contributed by atoms with Crippen molar-refractivity contribution in [2.75, 3.05) is 11.9 Å². The van der Waals surface area contributed by atoms with Crippen molar-refractivity contribution >= 4 is 23.8 Å². The van der Waals surface area contributed by atoms with Crippen molar-refractivity contribution in [1.82, 2.24) is 15.5 Å². The number of carbonyl (C=O) groups is 3. The molecule has 1 heterocycles. The Bertz CT molecular complexity index is 1130. The lowest BCUT2D eigenvalue weighted by Crippen LogP contribution is -2.45. The second-order valence-corrected chi connectivity index (χ2v) is 7.54. The van der Waals surface area contributed by atoms with Crippen molar-refractivity contribution in [2.45, 2.75) is 25.3 Å². The number of nitrogens with one attached hydrogen (secondary N) is 3. The first-order valence-corrected chi connectivity index (χ1v) is 10.1. The van der Waals surface area contributed by atoms with E-state index < -0.39 is 30.4 Å². The first-order valence-electron chi connectivity index (χ1n) is 10.1. The molecule has 2 amide bonds. The Labute approximate surface area is 183 Å². The summed E-state index contributed by atoms with van der Waals surface area (Å²) < 4.78 is 5.42. The lowest BCUT2D eigenvalue weighted by molar-refractivity contribution is -0.139. The van der Waals surface area contributed by atoms with Crippen molar-refractivity contribution < 1.29 is 24.2 Å². The Kier molecular flexibility index (Phi) is 5.89. The molecule has 0 fully saturated rings. The van der Waals surface area contributed by atoms with Crippen molar-refractivity contribution in [3.05, 3.63) is 71.4 Å². The number of aliphatic carboxylic acids is 1. The number of fused-ring (bicyclic) bond motifs is 3. The first kappa shape index (κ1) is 21.1. The molecule has 0 radical (unpaired) electrons. The Morgan fingerprint density at radius 1 is 1.09 bits per heavy atom. The maximum Gasteiger partial charge on any atom is 0.407 e. The van der Waals surface area contributed by atoms with Gasteiger partial charge < -0.3 is 20.5 Å². The van der Waals surface area contributed by atoms with Gasteiger partial charge in [-0.1, -0.05) is 48.5 Å². The van der Waals surface area contributed by atoms with E-state index in [9.17, 15) is 14.4 Å². The second kappa shape index (κ2) is 8.93. The van der Waals surface area contributed by atoms with Crippen LogP contribution in [0, 0.1) is 6.92 Å². The van der Waals surface area contributed by atoms with Crippen LogP contribution in [0.2, 0.25) is 0 Å². The predicted octanol–water partition coefficient (Wildman–Crippen LogP) is 3.04. The average Bonchev–Trinajstić information content (AvgIpc) is 3.32. The van der Waals surface area contributed by atoms with E-state index >= 15 is 0 Å². The van der Waals surface area contributed by atoms with Gasteiger partial charge in [0.1, 0.15) is 18.5 Å². The number of aromatic nitrogens is 2. The van der Waals surface area contributed by atoms with Gasteiger partial charge in [-0.15, -0.1) is 0 Å². The molecule has 32 heavy (non-hydrogen) atoms. The van der Waals surface area contributed by atoms with E-state index in [4.69, 9.17) is 9.84 Å². The molecular formula is C23H22N4O5. The van der Waals surface area contributed by atoms with E-state index in [1.165, 1.54) is 6.20 Å². The summed E-state index contributed by atoms with van der Waals surface area (Å²) in [6.07, 6.45) is 0.0545. The number of aromatic amines is 1. The highest BCUT2D eigenvalue weighted by atomic mass is 16.5. The fraction of sp³-hybridized carbons (Fsp3) is 0.217. The number of benzene rings is 2. The van der Waals surface area contributed by atoms with E-state index in [2.05, 4.69) is 20.8 Å². The van der Waals surface area contributed by atoms with Crippen LogP contribution < -0.4 is 10.6 Å². The normalized spacial score (nSPS) is 13.0. The van der Waals surface area contributed by atoms with Crippen molar-refractivity contribution in [3.63, 3.8) is 0 Å². The third kappa shape index (κ3) is 4.31. The van der Waals surface area contributed by atoms with Crippen LogP contribution in [0.4, 0.5) is 10.6 Å². The van der Waals surface area contributed by atoms with Gasteiger partial charge in [0.15, 0.2) is 0 Å². The highest BCUT2D eigenvalue weighted by molar-refractivity contribution is 5.98. The number of carboxylic acid groups (broad SMARTS) is 1. The lowest BCUT2D eigenvalue weighted by Gasteiger charge is -2.18. The number of amides is 2. The Morgan fingerprint density at radius 3 is 2.28 bits per heavy atom. The number of anilines is 1. The van der Waals surface area contributed by atoms with Gasteiger partial charge in [0.25, 0.3) is 0 Å². The van der Waals surface area contributed by atoms with Crippen LogP contribution in [-0.4, -0.2) is 45.9 Å². The smallest absolute Gasteiger partial charge is 0.407 e. The molecule has 3 aromatic rings. The number of nitrogens with zero attached hydrogens (tertiary/aromatic N) is 1. The first-order chi connectivity index (χ1) is 15.4. The molecule has 1 aliphatic carbocycles. The quantitative estimate of drug-likeness (QED) is 0.452. The highest BCUT2D eigenvalue weighted by Crippen LogP contribution is 2.44. The largest absolute Gasteiger partial charge is 0.481 e. The summed E-state index contributed by atoms with van der Waals surface area (Å²) in [5.41, 5.74) is 4.96. The number of aryl methyl sites for hydroxylation is 1. The molecule has 1 aliphatic rings. The maximum absolute atomic E-state index is 12.5. The summed E-state index contributed by atoms with van der Waals surface area (Å²) in [5.74, 6) is -1.73. The Morgan fingerprint density at radius 2 is 1.72 bits per heavy atom. The molecule has 0 saturated carbocycles. The number of ether oxygens (including phenoxy) is 1. The van der Waals surface area contributed by atoms with Gasteiger partial charge in [-0.2, -0.15) is 5.10 Å².